The van der Waals surface area contributed by atoms with Gasteiger partial charge >= 0.3 is 0 Å². The molecule has 98 valence electrons. The number of nitrogens with zero attached hydrogens (tertiary/aromatic N) is 1. The summed E-state index contributed by atoms with van der Waals surface area (Å²) in [6, 6.07) is 7.83. The number of hydrogen-bond donors (Lipinski definition) is 0. The molecule has 2 nitrogen and oxygen atoms in total. The molecular weight excluding hydrogens is 255 g/mol. The summed E-state index contributed by atoms with van der Waals surface area (Å²) in [4.78, 5) is 3.92. The first kappa shape index (κ1) is 13.1. The maximum Gasteiger partial charge on any atom is 0.137 e. The number of halogens is 3. The summed E-state index contributed by atoms with van der Waals surface area (Å²) in [5, 5.41) is 0. The fraction of sp³-hybridized carbons (Fsp3) is 0.0714. The van der Waals surface area contributed by atoms with E-state index in [1.165, 1.54) is 7.11 Å². The van der Waals surface area contributed by atoms with Crippen molar-refractivity contribution in [1.82, 2.24) is 0 Å². The second-order valence-electron chi connectivity index (χ2n) is 3.74. The first-order valence-electron chi connectivity index (χ1n) is 5.43. The topological polar surface area (TPSA) is 21.6 Å². The Balaban J connectivity index is 2.27. The monoisotopic (exact) mass is 265 g/mol. The standard InChI is InChI=1S/C14H10F3NO/c1-19-11-4-2-10(3-5-11)18-8-12-13(16)6-9(15)7-14(12)17/h2-8H,1H3/b18-8+. The molecule has 0 N–H and O–H groups in total. The molecule has 2 aromatic rings. The van der Waals surface area contributed by atoms with E-state index in [0.29, 0.717) is 23.6 Å². The number of ether oxygens (including phenoxy) is 1. The highest BCUT2D eigenvalue weighted by atomic mass is 19.1. The summed E-state index contributed by atoms with van der Waals surface area (Å²) in [5.74, 6) is -2.29. The smallest absolute Gasteiger partial charge is 0.137 e. The van der Waals surface area contributed by atoms with E-state index < -0.39 is 17.5 Å². The van der Waals surface area contributed by atoms with E-state index in [1.54, 1.807) is 24.3 Å². The minimum atomic E-state index is -0.991. The highest BCUT2D eigenvalue weighted by molar-refractivity contribution is 5.82. The summed E-state index contributed by atoms with van der Waals surface area (Å²) in [6.45, 7) is 0. The Hall–Kier alpha value is -2.30. The molecule has 0 aliphatic heterocycles. The van der Waals surface area contributed by atoms with Gasteiger partial charge in [0.1, 0.15) is 23.2 Å². The summed E-state index contributed by atoms with van der Waals surface area (Å²) < 4.78 is 44.4. The Morgan fingerprint density at radius 3 is 2.11 bits per heavy atom. The van der Waals surface area contributed by atoms with Crippen molar-refractivity contribution in [3.05, 3.63) is 59.4 Å². The molecule has 0 saturated heterocycles. The van der Waals surface area contributed by atoms with Crippen molar-refractivity contribution >= 4 is 11.9 Å². The van der Waals surface area contributed by atoms with E-state index in [0.717, 1.165) is 6.21 Å². The normalized spacial score (nSPS) is 10.9. The van der Waals surface area contributed by atoms with Gasteiger partial charge in [-0.15, -0.1) is 0 Å². The van der Waals surface area contributed by atoms with Gasteiger partial charge in [-0.05, 0) is 24.3 Å². The third kappa shape index (κ3) is 3.13. The van der Waals surface area contributed by atoms with Gasteiger partial charge < -0.3 is 4.74 Å². The van der Waals surface area contributed by atoms with Crippen LogP contribution in [0.3, 0.4) is 0 Å². The maximum absolute atomic E-state index is 13.3. The van der Waals surface area contributed by atoms with E-state index in [1.807, 2.05) is 0 Å². The third-order valence-electron chi connectivity index (χ3n) is 2.46. The molecule has 0 aromatic heterocycles. The van der Waals surface area contributed by atoms with E-state index in [9.17, 15) is 13.2 Å². The van der Waals surface area contributed by atoms with E-state index in [-0.39, 0.29) is 5.56 Å². The molecule has 0 amide bonds. The number of aliphatic imine (C=N–C) groups is 1. The van der Waals surface area contributed by atoms with Crippen LogP contribution < -0.4 is 4.74 Å². The molecule has 0 atom stereocenters. The highest BCUT2D eigenvalue weighted by Crippen LogP contribution is 2.19. The average molecular weight is 265 g/mol. The summed E-state index contributed by atoms with van der Waals surface area (Å²) in [7, 11) is 1.53. The lowest BCUT2D eigenvalue weighted by Crippen LogP contribution is -1.95. The predicted molar refractivity (Wildman–Crippen MR) is 66.6 cm³/mol. The molecule has 0 saturated carbocycles. The van der Waals surface area contributed by atoms with Gasteiger partial charge in [0.15, 0.2) is 0 Å². The highest BCUT2D eigenvalue weighted by Gasteiger charge is 2.09. The van der Waals surface area contributed by atoms with E-state index >= 15 is 0 Å². The zero-order valence-corrected chi connectivity index (χ0v) is 10.0. The predicted octanol–water partition coefficient (Wildman–Crippen LogP) is 3.86. The van der Waals surface area contributed by atoms with Crippen LogP contribution in [0.2, 0.25) is 0 Å². The Morgan fingerprint density at radius 2 is 1.58 bits per heavy atom. The van der Waals surface area contributed by atoms with Crippen molar-refractivity contribution in [3.8, 4) is 5.75 Å². The van der Waals surface area contributed by atoms with Crippen molar-refractivity contribution in [2.24, 2.45) is 4.99 Å². The zero-order valence-electron chi connectivity index (χ0n) is 10.0. The van der Waals surface area contributed by atoms with Gasteiger partial charge in [0.05, 0.1) is 18.4 Å². The summed E-state index contributed by atoms with van der Waals surface area (Å²) in [5.41, 5.74) is 0.126. The summed E-state index contributed by atoms with van der Waals surface area (Å²) >= 11 is 0. The number of hydrogen-bond acceptors (Lipinski definition) is 2. The lowest BCUT2D eigenvalue weighted by molar-refractivity contribution is 0.415. The minimum absolute atomic E-state index is 0.378. The third-order valence-corrected chi connectivity index (χ3v) is 2.46. The van der Waals surface area contributed by atoms with E-state index in [2.05, 4.69) is 4.99 Å². The molecule has 0 bridgehead atoms. The van der Waals surface area contributed by atoms with E-state index in [4.69, 9.17) is 4.74 Å². The average Bonchev–Trinajstić information content (AvgIpc) is 2.38. The van der Waals surface area contributed by atoms with Gasteiger partial charge in [-0.3, -0.25) is 4.99 Å². The van der Waals surface area contributed by atoms with Crippen LogP contribution in [0.1, 0.15) is 5.56 Å². The van der Waals surface area contributed by atoms with Crippen LogP contribution in [0.15, 0.2) is 41.4 Å². The Labute approximate surface area is 108 Å². The largest absolute Gasteiger partial charge is 0.497 e. The molecule has 5 heteroatoms. The fourth-order valence-corrected chi connectivity index (χ4v) is 1.48. The lowest BCUT2D eigenvalue weighted by atomic mass is 10.2. The Bertz CT molecular complexity index is 586. The fourth-order valence-electron chi connectivity index (χ4n) is 1.48. The van der Waals surface area contributed by atoms with Crippen molar-refractivity contribution in [2.75, 3.05) is 7.11 Å². The van der Waals surface area contributed by atoms with Crippen LogP contribution in [0.4, 0.5) is 18.9 Å². The number of methoxy groups -OCH3 is 1. The van der Waals surface area contributed by atoms with Crippen molar-refractivity contribution in [1.29, 1.82) is 0 Å². The lowest BCUT2D eigenvalue weighted by Gasteiger charge is -2.01. The van der Waals surface area contributed by atoms with Crippen LogP contribution in [0.5, 0.6) is 5.75 Å². The molecular formula is C14H10F3NO. The molecule has 2 rings (SSSR count). The molecule has 19 heavy (non-hydrogen) atoms. The molecule has 0 unspecified atom stereocenters. The van der Waals surface area contributed by atoms with Crippen molar-refractivity contribution in [3.63, 3.8) is 0 Å². The second kappa shape index (κ2) is 5.56. The number of benzene rings is 2. The molecule has 2 aromatic carbocycles. The van der Waals surface area contributed by atoms with Gasteiger partial charge in [-0.1, -0.05) is 0 Å². The second-order valence-corrected chi connectivity index (χ2v) is 3.74. The van der Waals surface area contributed by atoms with Crippen LogP contribution >= 0.6 is 0 Å². The molecule has 0 fully saturated rings. The van der Waals surface area contributed by atoms with Crippen molar-refractivity contribution < 1.29 is 17.9 Å². The van der Waals surface area contributed by atoms with Crippen LogP contribution in [-0.2, 0) is 0 Å². The molecule has 0 heterocycles. The number of rotatable bonds is 3. The SMILES string of the molecule is COc1ccc(/N=C/c2c(F)cc(F)cc2F)cc1. The quantitative estimate of drug-likeness (QED) is 0.772. The minimum Gasteiger partial charge on any atom is -0.497 e. The van der Waals surface area contributed by atoms with Gasteiger partial charge in [0.25, 0.3) is 0 Å². The van der Waals surface area contributed by atoms with Gasteiger partial charge in [0, 0.05) is 18.3 Å². The van der Waals surface area contributed by atoms with Gasteiger partial charge in [-0.25, -0.2) is 13.2 Å². The maximum atomic E-state index is 13.3. The Kier molecular flexibility index (Phi) is 3.85. The van der Waals surface area contributed by atoms with Gasteiger partial charge in [-0.2, -0.15) is 0 Å². The van der Waals surface area contributed by atoms with Crippen LogP contribution in [-0.4, -0.2) is 13.3 Å². The zero-order chi connectivity index (χ0) is 13.8. The first-order chi connectivity index (χ1) is 9.10. The molecule has 0 radical (unpaired) electrons. The molecule has 0 aliphatic rings. The Morgan fingerprint density at radius 1 is 1.00 bits per heavy atom. The van der Waals surface area contributed by atoms with Crippen LogP contribution in [0, 0.1) is 17.5 Å². The van der Waals surface area contributed by atoms with Crippen LogP contribution in [0.25, 0.3) is 0 Å². The first-order valence-corrected chi connectivity index (χ1v) is 5.43. The molecule has 0 spiro atoms. The summed E-state index contributed by atoms with van der Waals surface area (Å²) in [6.07, 6.45) is 1.02. The van der Waals surface area contributed by atoms with Crippen molar-refractivity contribution in [2.45, 2.75) is 0 Å². The molecule has 0 aliphatic carbocycles. The van der Waals surface area contributed by atoms with Gasteiger partial charge in [0.2, 0.25) is 0 Å².